The van der Waals surface area contributed by atoms with Crippen molar-refractivity contribution in [3.63, 3.8) is 0 Å². The fraction of sp³-hybridized carbons (Fsp3) is 0.231. The molecule has 0 aliphatic heterocycles. The van der Waals surface area contributed by atoms with Crippen molar-refractivity contribution in [2.24, 2.45) is 0 Å². The van der Waals surface area contributed by atoms with E-state index >= 15 is 0 Å². The van der Waals surface area contributed by atoms with Crippen molar-refractivity contribution in [2.45, 2.75) is 13.3 Å². The molecule has 15 heavy (non-hydrogen) atoms. The minimum absolute atomic E-state index is 0.162. The molecule has 0 saturated carbocycles. The number of hydrogen-bond acceptors (Lipinski definition) is 1. The Morgan fingerprint density at radius 2 is 2.20 bits per heavy atom. The van der Waals surface area contributed by atoms with Crippen LogP contribution in [0.3, 0.4) is 0 Å². The van der Waals surface area contributed by atoms with Crippen molar-refractivity contribution in [1.82, 2.24) is 0 Å². The highest BCUT2D eigenvalue weighted by molar-refractivity contribution is 8.02. The van der Waals surface area contributed by atoms with Gasteiger partial charge in [-0.2, -0.15) is 0 Å². The summed E-state index contributed by atoms with van der Waals surface area (Å²) in [5.41, 5.74) is 1.05. The van der Waals surface area contributed by atoms with Gasteiger partial charge in [0, 0.05) is 0 Å². The van der Waals surface area contributed by atoms with Gasteiger partial charge in [0.2, 0.25) is 0 Å². The second-order valence-electron chi connectivity index (χ2n) is 3.20. The maximum Gasteiger partial charge on any atom is 0.119 e. The molecule has 0 aromatic heterocycles. The summed E-state index contributed by atoms with van der Waals surface area (Å²) >= 11 is 1.72. The van der Waals surface area contributed by atoms with Gasteiger partial charge in [-0.05, 0) is 42.2 Å². The molecule has 2 heteroatoms. The molecule has 0 radical (unpaired) electrons. The predicted octanol–water partition coefficient (Wildman–Crippen LogP) is 4.55. The van der Waals surface area contributed by atoms with Gasteiger partial charge in [0.1, 0.15) is 5.83 Å². The molecule has 0 saturated heterocycles. The molecule has 1 aliphatic rings. The van der Waals surface area contributed by atoms with Gasteiger partial charge in [-0.25, -0.2) is 4.39 Å². The van der Waals surface area contributed by atoms with E-state index in [9.17, 15) is 4.39 Å². The largest absolute Gasteiger partial charge is 0.207 e. The number of hydrogen-bond donors (Lipinski definition) is 0. The third-order valence-corrected chi connectivity index (χ3v) is 2.82. The van der Waals surface area contributed by atoms with Gasteiger partial charge >= 0.3 is 0 Å². The highest BCUT2D eigenvalue weighted by Gasteiger charge is 1.93. The Morgan fingerprint density at radius 1 is 1.40 bits per heavy atom. The van der Waals surface area contributed by atoms with Crippen LogP contribution in [-0.2, 0) is 0 Å². The summed E-state index contributed by atoms with van der Waals surface area (Å²) in [7, 11) is 0. The lowest BCUT2D eigenvalue weighted by Crippen LogP contribution is -1.69. The van der Waals surface area contributed by atoms with E-state index in [0.717, 1.165) is 5.57 Å². The van der Waals surface area contributed by atoms with Gasteiger partial charge in [0.05, 0.1) is 0 Å². The minimum atomic E-state index is -0.162. The van der Waals surface area contributed by atoms with Crippen molar-refractivity contribution in [3.05, 3.63) is 58.8 Å². The van der Waals surface area contributed by atoms with Gasteiger partial charge in [-0.1, -0.05) is 30.4 Å². The first-order valence-corrected chi connectivity index (χ1v) is 6.07. The number of allylic oxidation sites excluding steroid dienone is 10. The second kappa shape index (κ2) is 6.46. The van der Waals surface area contributed by atoms with Crippen molar-refractivity contribution in [2.75, 3.05) is 6.26 Å². The van der Waals surface area contributed by atoms with Crippen LogP contribution < -0.4 is 0 Å². The SMILES string of the molecule is CS/C(C)=C\C=C\C1=CCC=C(F)C=C1. The van der Waals surface area contributed by atoms with Crippen molar-refractivity contribution in [1.29, 1.82) is 0 Å². The number of halogens is 1. The maximum atomic E-state index is 12.8. The molecule has 0 aromatic carbocycles. The molecule has 0 unspecified atom stereocenters. The molecule has 80 valence electrons. The fourth-order valence-electron chi connectivity index (χ4n) is 1.11. The van der Waals surface area contributed by atoms with Crippen LogP contribution in [0.15, 0.2) is 58.8 Å². The molecule has 0 fully saturated rings. The zero-order valence-electron chi connectivity index (χ0n) is 9.03. The maximum absolute atomic E-state index is 12.8. The van der Waals surface area contributed by atoms with E-state index in [4.69, 9.17) is 0 Å². The Hall–Kier alpha value is -1.02. The van der Waals surface area contributed by atoms with Crippen molar-refractivity contribution in [3.8, 4) is 0 Å². The summed E-state index contributed by atoms with van der Waals surface area (Å²) in [5.74, 6) is -0.162. The lowest BCUT2D eigenvalue weighted by atomic mass is 10.2. The van der Waals surface area contributed by atoms with Crippen LogP contribution in [0.5, 0.6) is 0 Å². The normalized spacial score (nSPS) is 17.7. The average Bonchev–Trinajstić information content (AvgIpc) is 2.43. The Bertz CT molecular complexity index is 357. The summed E-state index contributed by atoms with van der Waals surface area (Å²) in [5, 5.41) is 0. The van der Waals surface area contributed by atoms with Crippen LogP contribution in [0, 0.1) is 0 Å². The molecule has 0 bridgehead atoms. The summed E-state index contributed by atoms with van der Waals surface area (Å²) in [4.78, 5) is 1.26. The van der Waals surface area contributed by atoms with Gasteiger partial charge < -0.3 is 0 Å². The molecule has 0 nitrogen and oxygen atoms in total. The Balaban J connectivity index is 2.61. The molecule has 0 N–H and O–H groups in total. The van der Waals surface area contributed by atoms with E-state index in [2.05, 4.69) is 6.92 Å². The van der Waals surface area contributed by atoms with E-state index in [1.54, 1.807) is 23.9 Å². The molecule has 0 amide bonds. The Labute approximate surface area is 95.0 Å². The quantitative estimate of drug-likeness (QED) is 0.631. The lowest BCUT2D eigenvalue weighted by Gasteiger charge is -1.91. The van der Waals surface area contributed by atoms with Crippen LogP contribution in [-0.4, -0.2) is 6.26 Å². The summed E-state index contributed by atoms with van der Waals surface area (Å²) in [6.07, 6.45) is 15.6. The van der Waals surface area contributed by atoms with E-state index in [0.29, 0.717) is 6.42 Å². The Kier molecular flexibility index (Phi) is 5.19. The topological polar surface area (TPSA) is 0 Å². The second-order valence-corrected chi connectivity index (χ2v) is 4.25. The summed E-state index contributed by atoms with van der Waals surface area (Å²) in [6.45, 7) is 2.06. The lowest BCUT2D eigenvalue weighted by molar-refractivity contribution is 0.663. The smallest absolute Gasteiger partial charge is 0.119 e. The molecule has 0 aromatic rings. The van der Waals surface area contributed by atoms with Gasteiger partial charge in [-0.15, -0.1) is 11.8 Å². The van der Waals surface area contributed by atoms with Crippen molar-refractivity contribution >= 4 is 11.8 Å². The third kappa shape index (κ3) is 4.84. The highest BCUT2D eigenvalue weighted by Crippen LogP contribution is 2.13. The molecule has 1 rings (SSSR count). The molecule has 0 heterocycles. The standard InChI is InChI=1S/C13H15FS/c1-11(15-2)5-3-6-12-7-4-8-13(14)10-9-12/h3,5-10H,4H2,1-2H3/b6-3+,11-5-. The number of thioether (sulfide) groups is 1. The molecule has 0 spiro atoms. The zero-order chi connectivity index (χ0) is 11.1. The summed E-state index contributed by atoms with van der Waals surface area (Å²) < 4.78 is 12.8. The molecular weight excluding hydrogens is 207 g/mol. The Morgan fingerprint density at radius 3 is 2.93 bits per heavy atom. The molecule has 0 atom stereocenters. The fourth-order valence-corrected chi connectivity index (χ4v) is 1.32. The van der Waals surface area contributed by atoms with Crippen LogP contribution >= 0.6 is 11.8 Å². The van der Waals surface area contributed by atoms with Crippen LogP contribution in [0.2, 0.25) is 0 Å². The van der Waals surface area contributed by atoms with E-state index < -0.39 is 0 Å². The van der Waals surface area contributed by atoms with Crippen LogP contribution in [0.4, 0.5) is 4.39 Å². The van der Waals surface area contributed by atoms with E-state index in [1.165, 1.54) is 11.0 Å². The van der Waals surface area contributed by atoms with Crippen LogP contribution in [0.25, 0.3) is 0 Å². The highest BCUT2D eigenvalue weighted by atomic mass is 32.2. The third-order valence-electron chi connectivity index (χ3n) is 2.04. The average molecular weight is 222 g/mol. The monoisotopic (exact) mass is 222 g/mol. The first-order valence-electron chi connectivity index (χ1n) is 4.85. The van der Waals surface area contributed by atoms with Crippen molar-refractivity contribution < 1.29 is 4.39 Å². The number of rotatable bonds is 3. The van der Waals surface area contributed by atoms with E-state index in [1.807, 2.05) is 30.6 Å². The zero-order valence-corrected chi connectivity index (χ0v) is 9.85. The molecular formula is C13H15FS. The first kappa shape index (κ1) is 12.1. The predicted molar refractivity (Wildman–Crippen MR) is 67.4 cm³/mol. The summed E-state index contributed by atoms with van der Waals surface area (Å²) in [6, 6.07) is 0. The van der Waals surface area contributed by atoms with E-state index in [-0.39, 0.29) is 5.83 Å². The van der Waals surface area contributed by atoms with Gasteiger partial charge in [-0.3, -0.25) is 0 Å². The van der Waals surface area contributed by atoms with Gasteiger partial charge in [0.15, 0.2) is 0 Å². The van der Waals surface area contributed by atoms with Crippen LogP contribution in [0.1, 0.15) is 13.3 Å². The minimum Gasteiger partial charge on any atom is -0.207 e. The molecule has 1 aliphatic carbocycles. The first-order chi connectivity index (χ1) is 7.22. The van der Waals surface area contributed by atoms with Gasteiger partial charge in [0.25, 0.3) is 0 Å².